The predicted molar refractivity (Wildman–Crippen MR) is 77.4 cm³/mol. The average molecular weight is 302 g/mol. The Balaban J connectivity index is 1.80. The van der Waals surface area contributed by atoms with Crippen molar-refractivity contribution in [2.45, 2.75) is 16.7 Å². The van der Waals surface area contributed by atoms with E-state index in [1.807, 2.05) is 6.07 Å². The number of rotatable bonds is 3. The van der Waals surface area contributed by atoms with Gasteiger partial charge in [-0.1, -0.05) is 17.8 Å². The van der Waals surface area contributed by atoms with E-state index in [1.165, 1.54) is 36.0 Å². The second-order valence-electron chi connectivity index (χ2n) is 4.52. The molecule has 1 aromatic carbocycles. The van der Waals surface area contributed by atoms with Crippen LogP contribution in [0.15, 0.2) is 53.7 Å². The van der Waals surface area contributed by atoms with Gasteiger partial charge in [-0.05, 0) is 36.4 Å². The Hall–Kier alpha value is -2.21. The maximum atomic E-state index is 12.9. The molecular formula is C15H11FN2O2S. The Bertz CT molecular complexity index is 676. The van der Waals surface area contributed by atoms with Crippen molar-refractivity contribution in [3.05, 3.63) is 54.5 Å². The van der Waals surface area contributed by atoms with Gasteiger partial charge in [-0.25, -0.2) is 14.3 Å². The van der Waals surface area contributed by atoms with Crippen LogP contribution in [0.2, 0.25) is 0 Å². The van der Waals surface area contributed by atoms with Crippen molar-refractivity contribution in [3.63, 3.8) is 0 Å². The fraction of sp³-hybridized carbons (Fsp3) is 0.133. The Kier molecular flexibility index (Phi) is 3.70. The Morgan fingerprint density at radius 1 is 1.14 bits per heavy atom. The molecule has 3 rings (SSSR count). The van der Waals surface area contributed by atoms with Crippen LogP contribution in [-0.2, 0) is 9.59 Å². The van der Waals surface area contributed by atoms with E-state index in [2.05, 4.69) is 4.98 Å². The van der Waals surface area contributed by atoms with Crippen LogP contribution in [-0.4, -0.2) is 22.0 Å². The molecule has 21 heavy (non-hydrogen) atoms. The lowest BCUT2D eigenvalue weighted by molar-refractivity contribution is -0.121. The van der Waals surface area contributed by atoms with Gasteiger partial charge in [-0.15, -0.1) is 0 Å². The first kappa shape index (κ1) is 13.8. The maximum Gasteiger partial charge on any atom is 0.247 e. The summed E-state index contributed by atoms with van der Waals surface area (Å²) in [6.45, 7) is 0. The van der Waals surface area contributed by atoms with Crippen LogP contribution >= 0.6 is 11.8 Å². The molecule has 0 radical (unpaired) electrons. The first-order valence-electron chi connectivity index (χ1n) is 6.35. The second kappa shape index (κ2) is 5.65. The molecule has 0 aliphatic carbocycles. The first-order valence-corrected chi connectivity index (χ1v) is 7.23. The average Bonchev–Trinajstić information content (AvgIpc) is 2.76. The molecule has 1 aliphatic heterocycles. The smallest absolute Gasteiger partial charge is 0.247 e. The van der Waals surface area contributed by atoms with Gasteiger partial charge in [0, 0.05) is 12.6 Å². The van der Waals surface area contributed by atoms with Gasteiger partial charge in [-0.2, -0.15) is 0 Å². The van der Waals surface area contributed by atoms with Crippen molar-refractivity contribution in [3.8, 4) is 0 Å². The third-order valence-corrected chi connectivity index (χ3v) is 4.23. The monoisotopic (exact) mass is 302 g/mol. The zero-order valence-electron chi connectivity index (χ0n) is 10.9. The number of benzene rings is 1. The number of amides is 2. The molecule has 0 bridgehead atoms. The topological polar surface area (TPSA) is 50.3 Å². The number of hydrogen-bond acceptors (Lipinski definition) is 4. The highest BCUT2D eigenvalue weighted by Crippen LogP contribution is 2.32. The van der Waals surface area contributed by atoms with Gasteiger partial charge >= 0.3 is 0 Å². The minimum absolute atomic E-state index is 0.122. The molecule has 106 valence electrons. The summed E-state index contributed by atoms with van der Waals surface area (Å²) in [6.07, 6.45) is 1.76. The van der Waals surface area contributed by atoms with E-state index in [1.54, 1.807) is 18.3 Å². The molecule has 1 atom stereocenters. The van der Waals surface area contributed by atoms with Crippen LogP contribution in [0.3, 0.4) is 0 Å². The second-order valence-corrected chi connectivity index (χ2v) is 5.75. The third kappa shape index (κ3) is 2.80. The van der Waals surface area contributed by atoms with Gasteiger partial charge in [0.15, 0.2) is 0 Å². The number of thioether (sulfide) groups is 1. The van der Waals surface area contributed by atoms with E-state index < -0.39 is 11.1 Å². The summed E-state index contributed by atoms with van der Waals surface area (Å²) in [6, 6.07) is 10.7. The van der Waals surface area contributed by atoms with Crippen LogP contribution < -0.4 is 4.90 Å². The molecule has 0 saturated carbocycles. The molecule has 1 fully saturated rings. The van der Waals surface area contributed by atoms with Crippen molar-refractivity contribution in [2.75, 3.05) is 4.90 Å². The number of imide groups is 1. The van der Waals surface area contributed by atoms with Gasteiger partial charge in [0.05, 0.1) is 16.0 Å². The zero-order chi connectivity index (χ0) is 14.8. The minimum Gasteiger partial charge on any atom is -0.274 e. The number of halogens is 1. The lowest BCUT2D eigenvalue weighted by atomic mass is 10.3. The van der Waals surface area contributed by atoms with E-state index in [9.17, 15) is 14.0 Å². The molecule has 1 aliphatic rings. The van der Waals surface area contributed by atoms with Gasteiger partial charge in [-0.3, -0.25) is 9.59 Å². The molecule has 2 heterocycles. The molecule has 0 unspecified atom stereocenters. The van der Waals surface area contributed by atoms with E-state index in [0.717, 1.165) is 4.90 Å². The van der Waals surface area contributed by atoms with Crippen LogP contribution in [0.4, 0.5) is 10.1 Å². The number of nitrogens with zero attached hydrogens (tertiary/aromatic N) is 2. The summed E-state index contributed by atoms with van der Waals surface area (Å²) in [5.41, 5.74) is 0.399. The third-order valence-electron chi connectivity index (χ3n) is 3.09. The van der Waals surface area contributed by atoms with Crippen LogP contribution in [0.25, 0.3) is 0 Å². The fourth-order valence-corrected chi connectivity index (χ4v) is 3.12. The predicted octanol–water partition coefficient (Wildman–Crippen LogP) is 2.64. The quantitative estimate of drug-likeness (QED) is 0.818. The maximum absolute atomic E-state index is 12.9. The number of aromatic nitrogens is 1. The largest absolute Gasteiger partial charge is 0.274 e. The van der Waals surface area contributed by atoms with Crippen LogP contribution in [0, 0.1) is 5.82 Å². The van der Waals surface area contributed by atoms with Crippen molar-refractivity contribution < 1.29 is 14.0 Å². The minimum atomic E-state index is -0.488. The van der Waals surface area contributed by atoms with Gasteiger partial charge < -0.3 is 0 Å². The van der Waals surface area contributed by atoms with Crippen LogP contribution in [0.5, 0.6) is 0 Å². The lowest BCUT2D eigenvalue weighted by Crippen LogP contribution is -2.31. The molecular weight excluding hydrogens is 291 g/mol. The van der Waals surface area contributed by atoms with Gasteiger partial charge in [0.25, 0.3) is 0 Å². The molecule has 0 N–H and O–H groups in total. The molecule has 4 nitrogen and oxygen atoms in total. The molecule has 0 spiro atoms. The highest BCUT2D eigenvalue weighted by atomic mass is 32.2. The van der Waals surface area contributed by atoms with Crippen molar-refractivity contribution in [1.29, 1.82) is 0 Å². The molecule has 2 amide bonds. The zero-order valence-corrected chi connectivity index (χ0v) is 11.7. The molecule has 6 heteroatoms. The standard InChI is InChI=1S/C15H11FN2O2S/c16-10-4-6-11(7-5-10)18-14(19)9-12(15(18)20)21-13-3-1-2-8-17-13/h1-8,12H,9H2/t12-/m1/s1. The van der Waals surface area contributed by atoms with Crippen molar-refractivity contribution in [1.82, 2.24) is 4.98 Å². The summed E-state index contributed by atoms with van der Waals surface area (Å²) >= 11 is 1.27. The Morgan fingerprint density at radius 3 is 2.57 bits per heavy atom. The molecule has 1 aromatic heterocycles. The number of carbonyl (C=O) groups is 2. The fourth-order valence-electron chi connectivity index (χ4n) is 2.12. The summed E-state index contributed by atoms with van der Waals surface area (Å²) in [7, 11) is 0. The van der Waals surface area contributed by atoms with Gasteiger partial charge in [0.2, 0.25) is 11.8 Å². The highest BCUT2D eigenvalue weighted by molar-refractivity contribution is 8.00. The van der Waals surface area contributed by atoms with E-state index in [4.69, 9.17) is 0 Å². The molecule has 1 saturated heterocycles. The Morgan fingerprint density at radius 2 is 1.90 bits per heavy atom. The van der Waals surface area contributed by atoms with Gasteiger partial charge in [0.1, 0.15) is 5.82 Å². The summed E-state index contributed by atoms with van der Waals surface area (Å²) in [5, 5.41) is 0.210. The van der Waals surface area contributed by atoms with Crippen LogP contribution in [0.1, 0.15) is 6.42 Å². The van der Waals surface area contributed by atoms with E-state index in [0.29, 0.717) is 10.7 Å². The number of anilines is 1. The number of carbonyl (C=O) groups excluding carboxylic acids is 2. The van der Waals surface area contributed by atoms with Crippen molar-refractivity contribution in [2.24, 2.45) is 0 Å². The van der Waals surface area contributed by atoms with E-state index >= 15 is 0 Å². The number of pyridine rings is 1. The first-order chi connectivity index (χ1) is 10.1. The SMILES string of the molecule is O=C1C[C@@H](Sc2ccccn2)C(=O)N1c1ccc(F)cc1. The normalized spacial score (nSPS) is 18.3. The number of hydrogen-bond donors (Lipinski definition) is 0. The summed E-state index contributed by atoms with van der Waals surface area (Å²) in [4.78, 5) is 29.7. The van der Waals surface area contributed by atoms with Crippen molar-refractivity contribution >= 4 is 29.3 Å². The lowest BCUT2D eigenvalue weighted by Gasteiger charge is -2.14. The Labute approximate surface area is 125 Å². The summed E-state index contributed by atoms with van der Waals surface area (Å²) in [5.74, 6) is -0.973. The molecule has 2 aromatic rings. The van der Waals surface area contributed by atoms with E-state index in [-0.39, 0.29) is 18.2 Å². The summed E-state index contributed by atoms with van der Waals surface area (Å²) < 4.78 is 12.9. The highest BCUT2D eigenvalue weighted by Gasteiger charge is 2.40.